The first-order chi connectivity index (χ1) is 5.29. The molecule has 0 amide bonds. The van der Waals surface area contributed by atoms with E-state index in [0.29, 0.717) is 0 Å². The van der Waals surface area contributed by atoms with Gasteiger partial charge in [0.1, 0.15) is 0 Å². The summed E-state index contributed by atoms with van der Waals surface area (Å²) in [6.07, 6.45) is 1.64. The summed E-state index contributed by atoms with van der Waals surface area (Å²) in [7, 11) is -2.46. The Hall–Kier alpha value is -0.850. The fraction of sp³-hybridized carbons (Fsp3) is 0. The highest BCUT2D eigenvalue weighted by Gasteiger charge is 1.83. The average Bonchev–Trinajstić information content (AvgIpc) is 2.03. The van der Waals surface area contributed by atoms with Crippen molar-refractivity contribution in [3.8, 4) is 0 Å². The van der Waals surface area contributed by atoms with Gasteiger partial charge >= 0.3 is 0 Å². The number of rotatable bonds is 2. The molecule has 0 heterocycles. The Balaban J connectivity index is 2.72. The van der Waals surface area contributed by atoms with E-state index in [-0.39, 0.29) is 0 Å². The molecule has 0 aromatic heterocycles. The lowest BCUT2D eigenvalue weighted by molar-refractivity contribution is 0.513. The third kappa shape index (κ3) is 3.17. The summed E-state index contributed by atoms with van der Waals surface area (Å²) in [6, 6.07) is 9.42. The van der Waals surface area contributed by atoms with E-state index >= 15 is 0 Å². The van der Waals surface area contributed by atoms with E-state index < -0.39 is 8.03 Å². The lowest BCUT2D eigenvalue weighted by Crippen LogP contribution is -1.65. The molecule has 0 bridgehead atoms. The van der Waals surface area contributed by atoms with Gasteiger partial charge in [0.05, 0.1) is 0 Å². The molecule has 1 N–H and O–H groups in total. The number of hydrogen-bond acceptors (Lipinski definition) is 1. The zero-order valence-corrected chi connectivity index (χ0v) is 6.90. The summed E-state index contributed by atoms with van der Waals surface area (Å²) in [5, 5.41) is 0. The lowest BCUT2D eigenvalue weighted by Gasteiger charge is -1.88. The van der Waals surface area contributed by atoms with Crippen molar-refractivity contribution in [2.45, 2.75) is 0 Å². The van der Waals surface area contributed by atoms with E-state index in [1.165, 1.54) is 5.82 Å². The topological polar surface area (TPSA) is 37.3 Å². The molecule has 11 heavy (non-hydrogen) atoms. The summed E-state index contributed by atoms with van der Waals surface area (Å²) in [5.41, 5.74) is 0.944. The summed E-state index contributed by atoms with van der Waals surface area (Å²) in [4.78, 5) is 8.47. The van der Waals surface area contributed by atoms with Crippen molar-refractivity contribution < 1.29 is 9.46 Å². The molecule has 1 aromatic rings. The Morgan fingerprint density at radius 1 is 1.27 bits per heavy atom. The largest absolute Gasteiger partial charge is 0.343 e. The normalized spacial score (nSPS) is 13.5. The molecule has 0 aliphatic heterocycles. The van der Waals surface area contributed by atoms with E-state index in [2.05, 4.69) is 0 Å². The standard InChI is InChI=1S/C8H9O2P/c9-11(10)7-6-8-4-2-1-3-5-8/h1-7,11H,(H,9,10)/b7-6+. The molecule has 2 nitrogen and oxygen atoms in total. The van der Waals surface area contributed by atoms with Gasteiger partial charge in [-0.05, 0) is 17.5 Å². The van der Waals surface area contributed by atoms with Gasteiger partial charge in [-0.1, -0.05) is 30.3 Å². The Kier molecular flexibility index (Phi) is 3.09. The molecule has 0 aliphatic rings. The Morgan fingerprint density at radius 2 is 1.91 bits per heavy atom. The van der Waals surface area contributed by atoms with Gasteiger partial charge in [-0.3, -0.25) is 4.57 Å². The average molecular weight is 168 g/mol. The summed E-state index contributed by atoms with van der Waals surface area (Å²) in [6.45, 7) is 0. The Bertz CT molecular complexity index is 267. The van der Waals surface area contributed by atoms with Gasteiger partial charge in [0.25, 0.3) is 0 Å². The van der Waals surface area contributed by atoms with Crippen LogP contribution in [0.3, 0.4) is 0 Å². The van der Waals surface area contributed by atoms with Gasteiger partial charge in [0.2, 0.25) is 8.03 Å². The molecule has 1 aromatic carbocycles. The van der Waals surface area contributed by atoms with Crippen LogP contribution in [0.25, 0.3) is 6.08 Å². The third-order valence-electron chi connectivity index (χ3n) is 1.22. The smallest absolute Gasteiger partial charge is 0.211 e. The molecule has 3 heteroatoms. The molecule has 1 unspecified atom stereocenters. The monoisotopic (exact) mass is 168 g/mol. The first kappa shape index (κ1) is 8.25. The van der Waals surface area contributed by atoms with E-state index in [4.69, 9.17) is 4.89 Å². The van der Waals surface area contributed by atoms with Crippen molar-refractivity contribution in [1.29, 1.82) is 0 Å². The quantitative estimate of drug-likeness (QED) is 0.687. The highest BCUT2D eigenvalue weighted by molar-refractivity contribution is 7.41. The summed E-state index contributed by atoms with van der Waals surface area (Å²) >= 11 is 0. The third-order valence-corrected chi connectivity index (χ3v) is 1.67. The minimum Gasteiger partial charge on any atom is -0.343 e. The van der Waals surface area contributed by atoms with E-state index in [1.54, 1.807) is 6.08 Å². The van der Waals surface area contributed by atoms with Crippen LogP contribution in [-0.2, 0) is 4.57 Å². The van der Waals surface area contributed by atoms with Gasteiger partial charge < -0.3 is 4.89 Å². The van der Waals surface area contributed by atoms with Crippen molar-refractivity contribution in [3.63, 3.8) is 0 Å². The van der Waals surface area contributed by atoms with Crippen molar-refractivity contribution in [1.82, 2.24) is 0 Å². The fourth-order valence-electron chi connectivity index (χ4n) is 0.732. The van der Waals surface area contributed by atoms with Gasteiger partial charge in [0, 0.05) is 0 Å². The van der Waals surface area contributed by atoms with Crippen LogP contribution in [0, 0.1) is 0 Å². The minimum atomic E-state index is -2.46. The van der Waals surface area contributed by atoms with Crippen LogP contribution in [0.15, 0.2) is 36.1 Å². The van der Waals surface area contributed by atoms with Crippen molar-refractivity contribution in [2.24, 2.45) is 0 Å². The van der Waals surface area contributed by atoms with E-state index in [9.17, 15) is 4.57 Å². The maximum absolute atomic E-state index is 10.3. The van der Waals surface area contributed by atoms with E-state index in [0.717, 1.165) is 5.56 Å². The molecule has 0 aliphatic carbocycles. The first-order valence-electron chi connectivity index (χ1n) is 3.25. The molecule has 1 atom stereocenters. The second kappa shape index (κ2) is 4.12. The van der Waals surface area contributed by atoms with E-state index in [1.807, 2.05) is 30.3 Å². The highest BCUT2D eigenvalue weighted by atomic mass is 31.1. The van der Waals surface area contributed by atoms with Crippen LogP contribution in [0.2, 0.25) is 0 Å². The van der Waals surface area contributed by atoms with Crippen molar-refractivity contribution >= 4 is 14.1 Å². The first-order valence-corrected chi connectivity index (χ1v) is 4.68. The van der Waals surface area contributed by atoms with Crippen LogP contribution in [0.1, 0.15) is 5.56 Å². The number of benzene rings is 1. The second-order valence-electron chi connectivity index (χ2n) is 2.08. The SMILES string of the molecule is O=[PH](O)/C=C/c1ccccc1. The molecular formula is C8H9O2P. The van der Waals surface area contributed by atoms with Crippen LogP contribution in [-0.4, -0.2) is 4.89 Å². The van der Waals surface area contributed by atoms with Crippen molar-refractivity contribution in [3.05, 3.63) is 41.7 Å². The van der Waals surface area contributed by atoms with Gasteiger partial charge in [-0.2, -0.15) is 0 Å². The number of hydrogen-bond donors (Lipinski definition) is 1. The van der Waals surface area contributed by atoms with Crippen LogP contribution >= 0.6 is 8.03 Å². The summed E-state index contributed by atoms with van der Waals surface area (Å²) < 4.78 is 10.3. The predicted octanol–water partition coefficient (Wildman–Crippen LogP) is 2.12. The Labute approximate surface area is 66.1 Å². The lowest BCUT2D eigenvalue weighted by atomic mass is 10.2. The van der Waals surface area contributed by atoms with Crippen LogP contribution < -0.4 is 0 Å². The predicted molar refractivity (Wildman–Crippen MR) is 46.7 cm³/mol. The molecule has 0 saturated heterocycles. The van der Waals surface area contributed by atoms with Gasteiger partial charge in [-0.25, -0.2) is 0 Å². The molecule has 58 valence electrons. The molecule has 0 fully saturated rings. The minimum absolute atomic E-state index is 0.944. The van der Waals surface area contributed by atoms with Crippen molar-refractivity contribution in [2.75, 3.05) is 0 Å². The van der Waals surface area contributed by atoms with Gasteiger partial charge in [0.15, 0.2) is 0 Å². The Morgan fingerprint density at radius 3 is 2.45 bits per heavy atom. The highest BCUT2D eigenvalue weighted by Crippen LogP contribution is 2.16. The van der Waals surface area contributed by atoms with Crippen LogP contribution in [0.5, 0.6) is 0 Å². The molecule has 0 saturated carbocycles. The maximum atomic E-state index is 10.3. The summed E-state index contributed by atoms with van der Waals surface area (Å²) in [5.74, 6) is 1.31. The molecule has 1 rings (SSSR count). The molecule has 0 spiro atoms. The van der Waals surface area contributed by atoms with Gasteiger partial charge in [-0.15, -0.1) is 0 Å². The zero-order valence-electron chi connectivity index (χ0n) is 5.90. The molecular weight excluding hydrogens is 159 g/mol. The molecule has 0 radical (unpaired) electrons. The second-order valence-corrected chi connectivity index (χ2v) is 3.09. The van der Waals surface area contributed by atoms with Crippen LogP contribution in [0.4, 0.5) is 0 Å². The fourth-order valence-corrected chi connectivity index (χ4v) is 1.07. The maximum Gasteiger partial charge on any atom is 0.211 e. The zero-order chi connectivity index (χ0) is 8.10.